The van der Waals surface area contributed by atoms with Crippen LogP contribution in [0, 0.1) is 5.92 Å². The van der Waals surface area contributed by atoms with Crippen molar-refractivity contribution in [1.82, 2.24) is 20.5 Å². The van der Waals surface area contributed by atoms with Crippen LogP contribution in [-0.4, -0.2) is 39.7 Å². The Kier molecular flexibility index (Phi) is 6.84. The second-order valence-electron chi connectivity index (χ2n) is 11.0. The van der Waals surface area contributed by atoms with Crippen molar-refractivity contribution in [2.75, 3.05) is 0 Å². The maximum Gasteiger partial charge on any atom is 0.255 e. The summed E-state index contributed by atoms with van der Waals surface area (Å²) in [4.78, 5) is 46.3. The first kappa shape index (κ1) is 26.1. The molecule has 0 radical (unpaired) electrons. The number of fused-ring (bicyclic) bond motifs is 7. The zero-order chi connectivity index (χ0) is 28.0. The van der Waals surface area contributed by atoms with Crippen LogP contribution < -0.4 is 10.6 Å². The van der Waals surface area contributed by atoms with Gasteiger partial charge in [-0.15, -0.1) is 0 Å². The molecule has 204 valence electrons. The van der Waals surface area contributed by atoms with Crippen molar-refractivity contribution in [1.29, 1.82) is 0 Å². The number of hydrogen-bond acceptors (Lipinski definition) is 3. The van der Waals surface area contributed by atoms with Crippen molar-refractivity contribution in [3.63, 3.8) is 0 Å². The van der Waals surface area contributed by atoms with Gasteiger partial charge in [-0.25, -0.2) is 0 Å². The summed E-state index contributed by atoms with van der Waals surface area (Å²) < 4.78 is 0. The van der Waals surface area contributed by atoms with E-state index in [2.05, 4.69) is 15.6 Å². The third-order valence-electron chi connectivity index (χ3n) is 7.91. The highest BCUT2D eigenvalue weighted by Gasteiger charge is 2.49. The number of nitrogens with zero attached hydrogens (tertiary/aromatic N) is 1. The molecule has 0 bridgehead atoms. The van der Waals surface area contributed by atoms with Crippen LogP contribution in [0.4, 0.5) is 0 Å². The smallest absolute Gasteiger partial charge is 0.255 e. The number of para-hydroxylation sites is 1. The molecule has 2 aliphatic heterocycles. The van der Waals surface area contributed by atoms with Gasteiger partial charge in [0.25, 0.3) is 5.91 Å². The predicted molar refractivity (Wildman–Crippen MR) is 155 cm³/mol. The molecule has 0 spiro atoms. The fourth-order valence-electron chi connectivity index (χ4n) is 6.06. The number of rotatable bonds is 7. The van der Waals surface area contributed by atoms with Gasteiger partial charge >= 0.3 is 0 Å². The van der Waals surface area contributed by atoms with Crippen LogP contribution in [0.1, 0.15) is 59.1 Å². The first-order valence-electron chi connectivity index (χ1n) is 13.7. The summed E-state index contributed by atoms with van der Waals surface area (Å²) in [6.45, 7) is 4.28. The molecule has 7 nitrogen and oxygen atoms in total. The standard InChI is InChI=1S/C32H31ClN4O3/c1-18(2)15-26(30(38)34-17-19-9-3-7-13-24(19)33)36-31(39)27-16-23-20-10-6-8-14-25(20)35-28(23)29-21-11-4-5-12-22(21)32(40)37(27)29/h3-14,18,26-27,29,35H,15-17H2,1-2H3,(H,34,38)(H,36,39)/t26-,27-,29+/m0/s1. The summed E-state index contributed by atoms with van der Waals surface area (Å²) in [7, 11) is 0. The number of hydrogen-bond donors (Lipinski definition) is 3. The third kappa shape index (κ3) is 4.54. The number of carbonyl (C=O) groups excluding carboxylic acids is 3. The minimum atomic E-state index is -0.761. The zero-order valence-electron chi connectivity index (χ0n) is 22.4. The summed E-state index contributed by atoms with van der Waals surface area (Å²) in [5.74, 6) is -0.624. The number of carbonyl (C=O) groups is 3. The van der Waals surface area contributed by atoms with Crippen LogP contribution >= 0.6 is 11.6 Å². The Bertz CT molecular complexity index is 1630. The van der Waals surface area contributed by atoms with Crippen molar-refractivity contribution in [3.05, 3.63) is 106 Å². The van der Waals surface area contributed by atoms with Gasteiger partial charge in [-0.1, -0.05) is 80.0 Å². The molecule has 1 aromatic heterocycles. The van der Waals surface area contributed by atoms with Crippen molar-refractivity contribution in [3.8, 4) is 0 Å². The average molecular weight is 555 g/mol. The number of aromatic amines is 1. The molecule has 0 saturated carbocycles. The Balaban J connectivity index is 1.31. The largest absolute Gasteiger partial charge is 0.356 e. The Morgan fingerprint density at radius 3 is 2.55 bits per heavy atom. The highest BCUT2D eigenvalue weighted by molar-refractivity contribution is 6.31. The van der Waals surface area contributed by atoms with Gasteiger partial charge in [-0.3, -0.25) is 14.4 Å². The number of nitrogens with one attached hydrogen (secondary N) is 3. The van der Waals surface area contributed by atoms with Crippen LogP contribution in [0.25, 0.3) is 10.9 Å². The molecule has 3 aromatic carbocycles. The van der Waals surface area contributed by atoms with Gasteiger partial charge in [0.15, 0.2) is 0 Å². The van der Waals surface area contributed by atoms with Gasteiger partial charge in [0.05, 0.1) is 6.04 Å². The molecule has 6 rings (SSSR count). The van der Waals surface area contributed by atoms with Gasteiger partial charge in [0.2, 0.25) is 11.8 Å². The highest BCUT2D eigenvalue weighted by atomic mass is 35.5. The van der Waals surface area contributed by atoms with Crippen LogP contribution in [-0.2, 0) is 22.6 Å². The first-order valence-corrected chi connectivity index (χ1v) is 14.0. The minimum absolute atomic E-state index is 0.161. The molecule has 2 aliphatic rings. The topological polar surface area (TPSA) is 94.3 Å². The van der Waals surface area contributed by atoms with E-state index in [0.29, 0.717) is 23.4 Å². The van der Waals surface area contributed by atoms with E-state index in [0.717, 1.165) is 33.3 Å². The first-order chi connectivity index (χ1) is 19.3. The maximum absolute atomic E-state index is 14.0. The number of amides is 3. The van der Waals surface area contributed by atoms with Gasteiger partial charge in [-0.05, 0) is 47.2 Å². The fourth-order valence-corrected chi connectivity index (χ4v) is 6.26. The maximum atomic E-state index is 14.0. The molecule has 4 aromatic rings. The van der Waals surface area contributed by atoms with Gasteiger partial charge in [0.1, 0.15) is 12.1 Å². The predicted octanol–water partition coefficient (Wildman–Crippen LogP) is 5.14. The lowest BCUT2D eigenvalue weighted by molar-refractivity contribution is -0.132. The molecule has 0 saturated heterocycles. The second-order valence-corrected chi connectivity index (χ2v) is 11.4. The fraction of sp³-hybridized carbons (Fsp3) is 0.281. The summed E-state index contributed by atoms with van der Waals surface area (Å²) in [5.41, 5.74) is 5.24. The van der Waals surface area contributed by atoms with Gasteiger partial charge in [-0.2, -0.15) is 0 Å². The van der Waals surface area contributed by atoms with Crippen LogP contribution in [0.5, 0.6) is 0 Å². The SMILES string of the molecule is CC(C)C[C@H](NC(=O)[C@@H]1Cc2c([nH]c3ccccc23)[C@H]2c3ccccc3C(=O)N21)C(=O)NCc1ccccc1Cl. The molecule has 3 atom stereocenters. The van der Waals surface area contributed by atoms with E-state index in [1.54, 1.807) is 11.0 Å². The molecule has 0 fully saturated rings. The van der Waals surface area contributed by atoms with Crippen molar-refractivity contribution >= 4 is 40.2 Å². The molecule has 40 heavy (non-hydrogen) atoms. The molecule has 3 amide bonds. The van der Waals surface area contributed by atoms with Crippen LogP contribution in [0.2, 0.25) is 5.02 Å². The normalized spacial score (nSPS) is 18.3. The van der Waals surface area contributed by atoms with E-state index in [-0.39, 0.29) is 30.2 Å². The lowest BCUT2D eigenvalue weighted by atomic mass is 9.89. The van der Waals surface area contributed by atoms with Crippen molar-refractivity contribution < 1.29 is 14.4 Å². The second kappa shape index (κ2) is 10.5. The molecule has 3 heterocycles. The Morgan fingerprint density at radius 1 is 1.02 bits per heavy atom. The third-order valence-corrected chi connectivity index (χ3v) is 8.27. The monoisotopic (exact) mass is 554 g/mol. The summed E-state index contributed by atoms with van der Waals surface area (Å²) in [6, 6.07) is 21.0. The lowest BCUT2D eigenvalue weighted by Gasteiger charge is -2.37. The molecule has 3 N–H and O–H groups in total. The van der Waals surface area contributed by atoms with E-state index in [1.807, 2.05) is 80.6 Å². The quantitative estimate of drug-likeness (QED) is 0.295. The number of benzene rings is 3. The van der Waals surface area contributed by atoms with E-state index < -0.39 is 18.1 Å². The minimum Gasteiger partial charge on any atom is -0.356 e. The Labute approximate surface area is 237 Å². The van der Waals surface area contributed by atoms with Crippen LogP contribution in [0.3, 0.4) is 0 Å². The Morgan fingerprint density at radius 2 is 1.75 bits per heavy atom. The van der Waals surface area contributed by atoms with Crippen LogP contribution in [0.15, 0.2) is 72.8 Å². The molecule has 0 aliphatic carbocycles. The number of halogens is 1. The zero-order valence-corrected chi connectivity index (χ0v) is 23.2. The summed E-state index contributed by atoms with van der Waals surface area (Å²) in [5, 5.41) is 7.56. The Hall–Kier alpha value is -4.10. The van der Waals surface area contributed by atoms with E-state index in [4.69, 9.17) is 11.6 Å². The lowest BCUT2D eigenvalue weighted by Crippen LogP contribution is -2.56. The number of H-pyrrole nitrogens is 1. The molecule has 0 unspecified atom stereocenters. The average Bonchev–Trinajstić information content (AvgIpc) is 3.47. The van der Waals surface area contributed by atoms with Gasteiger partial charge < -0.3 is 20.5 Å². The summed E-state index contributed by atoms with van der Waals surface area (Å²) >= 11 is 6.27. The van der Waals surface area contributed by atoms with E-state index in [1.165, 1.54) is 0 Å². The van der Waals surface area contributed by atoms with E-state index >= 15 is 0 Å². The molecule has 8 heteroatoms. The summed E-state index contributed by atoms with van der Waals surface area (Å²) in [6.07, 6.45) is 0.819. The van der Waals surface area contributed by atoms with Crippen molar-refractivity contribution in [2.24, 2.45) is 5.92 Å². The van der Waals surface area contributed by atoms with Crippen molar-refractivity contribution in [2.45, 2.75) is 51.4 Å². The van der Waals surface area contributed by atoms with Gasteiger partial charge in [0, 0.05) is 40.1 Å². The molecular formula is C32H31ClN4O3. The highest BCUT2D eigenvalue weighted by Crippen LogP contribution is 2.46. The molecular weight excluding hydrogens is 524 g/mol. The number of aromatic nitrogens is 1. The van der Waals surface area contributed by atoms with E-state index in [9.17, 15) is 14.4 Å².